The number of amides is 1. The number of H-pyrrole nitrogens is 1. The Labute approximate surface area is 177 Å². The molecule has 6 nitrogen and oxygen atoms in total. The van der Waals surface area contributed by atoms with E-state index in [0.29, 0.717) is 23.5 Å². The highest BCUT2D eigenvalue weighted by atomic mass is 32.1. The summed E-state index contributed by atoms with van der Waals surface area (Å²) in [6.07, 6.45) is 3.70. The summed E-state index contributed by atoms with van der Waals surface area (Å²) in [5, 5.41) is 4.94. The Morgan fingerprint density at radius 3 is 2.70 bits per heavy atom. The van der Waals surface area contributed by atoms with Crippen molar-refractivity contribution in [1.29, 1.82) is 0 Å². The van der Waals surface area contributed by atoms with Gasteiger partial charge in [-0.25, -0.2) is 4.98 Å². The van der Waals surface area contributed by atoms with Crippen molar-refractivity contribution in [2.75, 3.05) is 0 Å². The molecular weight excluding hydrogens is 396 g/mol. The van der Waals surface area contributed by atoms with Crippen LogP contribution in [0.15, 0.2) is 77.2 Å². The SMILES string of the molecule is Cc1cc(C(=O)N[C@H](Cc2cc(=O)[nH]c(-c3cccnc3)n2)c2ccccc2)cs1. The van der Waals surface area contributed by atoms with Crippen LogP contribution in [0.2, 0.25) is 0 Å². The van der Waals surface area contributed by atoms with Crippen LogP contribution >= 0.6 is 11.3 Å². The van der Waals surface area contributed by atoms with Gasteiger partial charge in [0.15, 0.2) is 0 Å². The van der Waals surface area contributed by atoms with E-state index in [-0.39, 0.29) is 17.5 Å². The summed E-state index contributed by atoms with van der Waals surface area (Å²) in [7, 11) is 0. The molecule has 0 unspecified atom stereocenters. The molecule has 1 amide bonds. The average molecular weight is 417 g/mol. The highest BCUT2D eigenvalue weighted by Crippen LogP contribution is 2.20. The van der Waals surface area contributed by atoms with E-state index in [2.05, 4.69) is 20.3 Å². The number of aromatic amines is 1. The number of hydrogen-bond donors (Lipinski definition) is 2. The lowest BCUT2D eigenvalue weighted by Gasteiger charge is -2.19. The molecule has 0 bridgehead atoms. The predicted octanol–water partition coefficient (Wildman–Crippen LogP) is 3.92. The molecule has 0 aliphatic heterocycles. The van der Waals surface area contributed by atoms with Gasteiger partial charge in [0.2, 0.25) is 0 Å². The van der Waals surface area contributed by atoms with Crippen LogP contribution in [0.5, 0.6) is 0 Å². The number of nitrogens with one attached hydrogen (secondary N) is 2. The van der Waals surface area contributed by atoms with Gasteiger partial charge in [0.1, 0.15) is 5.82 Å². The monoisotopic (exact) mass is 416 g/mol. The summed E-state index contributed by atoms with van der Waals surface area (Å²) in [4.78, 5) is 37.6. The molecule has 4 rings (SSSR count). The molecule has 30 heavy (non-hydrogen) atoms. The van der Waals surface area contributed by atoms with Crippen molar-refractivity contribution in [3.8, 4) is 11.4 Å². The molecule has 7 heteroatoms. The van der Waals surface area contributed by atoms with Crippen molar-refractivity contribution < 1.29 is 4.79 Å². The van der Waals surface area contributed by atoms with Gasteiger partial charge in [-0.3, -0.25) is 14.6 Å². The Morgan fingerprint density at radius 1 is 1.17 bits per heavy atom. The van der Waals surface area contributed by atoms with Gasteiger partial charge in [-0.05, 0) is 30.7 Å². The van der Waals surface area contributed by atoms with E-state index in [1.54, 1.807) is 18.5 Å². The fourth-order valence-electron chi connectivity index (χ4n) is 3.20. The molecule has 0 aliphatic carbocycles. The molecule has 0 saturated heterocycles. The smallest absolute Gasteiger partial charge is 0.252 e. The number of pyridine rings is 1. The number of benzene rings is 1. The molecule has 0 fully saturated rings. The van der Waals surface area contributed by atoms with Crippen LogP contribution in [0.3, 0.4) is 0 Å². The van der Waals surface area contributed by atoms with Gasteiger partial charge in [-0.2, -0.15) is 0 Å². The van der Waals surface area contributed by atoms with Crippen molar-refractivity contribution in [1.82, 2.24) is 20.3 Å². The summed E-state index contributed by atoms with van der Waals surface area (Å²) >= 11 is 1.54. The summed E-state index contributed by atoms with van der Waals surface area (Å²) in [5.41, 5.74) is 2.65. The highest BCUT2D eigenvalue weighted by molar-refractivity contribution is 7.10. The summed E-state index contributed by atoms with van der Waals surface area (Å²) < 4.78 is 0. The van der Waals surface area contributed by atoms with Gasteiger partial charge < -0.3 is 10.3 Å². The van der Waals surface area contributed by atoms with E-state index >= 15 is 0 Å². The first kappa shape index (κ1) is 19.7. The Balaban J connectivity index is 1.64. The fraction of sp³-hybridized carbons (Fsp3) is 0.130. The summed E-state index contributed by atoms with van der Waals surface area (Å²) in [6, 6.07) is 16.3. The maximum atomic E-state index is 12.8. The number of carbonyl (C=O) groups is 1. The molecule has 0 spiro atoms. The van der Waals surface area contributed by atoms with Crippen molar-refractivity contribution in [3.63, 3.8) is 0 Å². The van der Waals surface area contributed by atoms with Crippen LogP contribution in [0.1, 0.15) is 32.5 Å². The third-order valence-corrected chi connectivity index (χ3v) is 5.50. The lowest BCUT2D eigenvalue weighted by Crippen LogP contribution is -2.30. The molecule has 2 N–H and O–H groups in total. The Bertz CT molecular complexity index is 1200. The topological polar surface area (TPSA) is 87.7 Å². The van der Waals surface area contributed by atoms with Gasteiger partial charge in [0.25, 0.3) is 11.5 Å². The second-order valence-corrected chi connectivity index (χ2v) is 8.03. The first-order chi connectivity index (χ1) is 14.6. The molecule has 4 aromatic rings. The van der Waals surface area contributed by atoms with Gasteiger partial charge in [-0.15, -0.1) is 11.3 Å². The van der Waals surface area contributed by atoms with Crippen LogP contribution in [-0.2, 0) is 6.42 Å². The van der Waals surface area contributed by atoms with E-state index in [1.165, 1.54) is 17.4 Å². The largest absolute Gasteiger partial charge is 0.345 e. The third-order valence-electron chi connectivity index (χ3n) is 4.64. The van der Waals surface area contributed by atoms with Crippen LogP contribution in [0.4, 0.5) is 0 Å². The number of hydrogen-bond acceptors (Lipinski definition) is 5. The second-order valence-electron chi connectivity index (χ2n) is 6.91. The van der Waals surface area contributed by atoms with E-state index in [1.807, 2.05) is 54.8 Å². The highest BCUT2D eigenvalue weighted by Gasteiger charge is 2.18. The minimum absolute atomic E-state index is 0.148. The standard InChI is InChI=1S/C23H20N4O2S/c1-15-10-18(14-30-15)23(29)26-20(16-6-3-2-4-7-16)11-19-12-21(28)27-22(25-19)17-8-5-9-24-13-17/h2-10,12-14,20H,11H2,1H3,(H,26,29)(H,25,27,28)/t20-/m1/s1. The van der Waals surface area contributed by atoms with E-state index in [9.17, 15) is 9.59 Å². The second kappa shape index (κ2) is 8.84. The first-order valence-corrected chi connectivity index (χ1v) is 10.4. The quantitative estimate of drug-likeness (QED) is 0.499. The molecule has 0 aliphatic rings. The van der Waals surface area contributed by atoms with Gasteiger partial charge >= 0.3 is 0 Å². The number of aromatic nitrogens is 3. The molecule has 1 aromatic carbocycles. The Morgan fingerprint density at radius 2 is 2.00 bits per heavy atom. The van der Waals surface area contributed by atoms with Crippen LogP contribution < -0.4 is 10.9 Å². The van der Waals surface area contributed by atoms with Gasteiger partial charge in [-0.1, -0.05) is 30.3 Å². The lowest BCUT2D eigenvalue weighted by atomic mass is 10.0. The number of aryl methyl sites for hydroxylation is 1. The normalized spacial score (nSPS) is 11.8. The predicted molar refractivity (Wildman–Crippen MR) is 117 cm³/mol. The zero-order valence-corrected chi connectivity index (χ0v) is 17.1. The maximum Gasteiger partial charge on any atom is 0.252 e. The molecule has 3 aromatic heterocycles. The van der Waals surface area contributed by atoms with Crippen molar-refractivity contribution in [2.45, 2.75) is 19.4 Å². The number of nitrogens with zero attached hydrogens (tertiary/aromatic N) is 2. The van der Waals surface area contributed by atoms with Crippen molar-refractivity contribution in [3.05, 3.63) is 104 Å². The third kappa shape index (κ3) is 4.69. The van der Waals surface area contributed by atoms with Crippen LogP contribution in [0.25, 0.3) is 11.4 Å². The number of rotatable bonds is 6. The van der Waals surface area contributed by atoms with Crippen LogP contribution in [-0.4, -0.2) is 20.9 Å². The Kier molecular flexibility index (Phi) is 5.81. The van der Waals surface area contributed by atoms with E-state index in [0.717, 1.165) is 16.0 Å². The zero-order valence-electron chi connectivity index (χ0n) is 16.3. The lowest BCUT2D eigenvalue weighted by molar-refractivity contribution is 0.0936. The Hall–Kier alpha value is -3.58. The first-order valence-electron chi connectivity index (χ1n) is 9.50. The molecule has 1 atom stereocenters. The van der Waals surface area contributed by atoms with Crippen molar-refractivity contribution >= 4 is 17.2 Å². The summed E-state index contributed by atoms with van der Waals surface area (Å²) in [6.45, 7) is 1.97. The molecule has 150 valence electrons. The van der Waals surface area contributed by atoms with Gasteiger partial charge in [0, 0.05) is 40.7 Å². The fourth-order valence-corrected chi connectivity index (χ4v) is 3.89. The average Bonchev–Trinajstić information content (AvgIpc) is 3.20. The molecule has 0 radical (unpaired) electrons. The maximum absolute atomic E-state index is 12.8. The van der Waals surface area contributed by atoms with Crippen LogP contribution in [0, 0.1) is 6.92 Å². The van der Waals surface area contributed by atoms with E-state index < -0.39 is 0 Å². The number of thiophene rings is 1. The molecular formula is C23H20N4O2S. The molecule has 0 saturated carbocycles. The van der Waals surface area contributed by atoms with Crippen molar-refractivity contribution in [2.24, 2.45) is 0 Å². The minimum Gasteiger partial charge on any atom is -0.345 e. The minimum atomic E-state index is -0.324. The number of carbonyl (C=O) groups excluding carboxylic acids is 1. The van der Waals surface area contributed by atoms with Gasteiger partial charge in [0.05, 0.1) is 17.3 Å². The zero-order chi connectivity index (χ0) is 20.9. The molecule has 3 heterocycles. The van der Waals surface area contributed by atoms with E-state index in [4.69, 9.17) is 0 Å². The summed E-state index contributed by atoms with van der Waals surface area (Å²) in [5.74, 6) is 0.308.